The van der Waals surface area contributed by atoms with Crippen LogP contribution in [0.25, 0.3) is 0 Å². The van der Waals surface area contributed by atoms with Crippen LogP contribution < -0.4 is 0 Å². The molecule has 0 rings (SSSR count). The fourth-order valence-electron chi connectivity index (χ4n) is 1.18. The van der Waals surface area contributed by atoms with E-state index in [0.717, 1.165) is 6.42 Å². The summed E-state index contributed by atoms with van der Waals surface area (Å²) in [6, 6.07) is -0.567. The Labute approximate surface area is 89.3 Å². The highest BCUT2D eigenvalue weighted by molar-refractivity contribution is 5.36. The first-order valence-electron chi connectivity index (χ1n) is 5.06. The quantitative estimate of drug-likeness (QED) is 0.194. The van der Waals surface area contributed by atoms with Crippen molar-refractivity contribution >= 4 is 6.47 Å². The number of carbonyl (C=O) groups excluding carboxylic acids is 1. The molecule has 0 aromatic heterocycles. The van der Waals surface area contributed by atoms with Crippen LogP contribution in [-0.2, 0) is 9.53 Å². The van der Waals surface area contributed by atoms with Gasteiger partial charge < -0.3 is 4.74 Å². The molecule has 0 aliphatic heterocycles. The number of nitrogens with zero attached hydrogens (tertiary/aromatic N) is 1. The maximum absolute atomic E-state index is 10.6. The van der Waals surface area contributed by atoms with Crippen molar-refractivity contribution in [3.63, 3.8) is 0 Å². The molecule has 1 atom stereocenters. The summed E-state index contributed by atoms with van der Waals surface area (Å²) in [4.78, 5) is 20.2. The molecular weight excluding hydrogens is 198 g/mol. The number of rotatable bonds is 9. The van der Waals surface area contributed by atoms with E-state index in [1.165, 1.54) is 0 Å². The molecule has 0 aromatic rings. The lowest BCUT2D eigenvalue weighted by molar-refractivity contribution is -0.522. The molecule has 0 N–H and O–H groups in total. The van der Waals surface area contributed by atoms with Gasteiger partial charge in [-0.15, -0.1) is 0 Å². The van der Waals surface area contributed by atoms with Crippen molar-refractivity contribution in [3.8, 4) is 0 Å². The summed E-state index contributed by atoms with van der Waals surface area (Å²) in [6.07, 6.45) is 6.05. The van der Waals surface area contributed by atoms with E-state index >= 15 is 0 Å². The Morgan fingerprint density at radius 2 is 2.20 bits per heavy atom. The number of carbonyl (C=O) groups is 1. The molecule has 0 fully saturated rings. The third-order valence-electron chi connectivity index (χ3n) is 1.98. The highest BCUT2D eigenvalue weighted by atomic mass is 16.6. The Kier molecular flexibility index (Phi) is 8.33. The fraction of sp³-hybridized carbons (Fsp3) is 0.700. The Morgan fingerprint density at radius 3 is 2.73 bits per heavy atom. The first-order valence-corrected chi connectivity index (χ1v) is 5.06. The summed E-state index contributed by atoms with van der Waals surface area (Å²) in [7, 11) is 0. The van der Waals surface area contributed by atoms with E-state index in [2.05, 4.69) is 4.74 Å². The van der Waals surface area contributed by atoms with Crippen LogP contribution in [0.5, 0.6) is 0 Å². The zero-order chi connectivity index (χ0) is 11.5. The average Bonchev–Trinajstić information content (AvgIpc) is 2.21. The van der Waals surface area contributed by atoms with Crippen LogP contribution >= 0.6 is 0 Å². The lowest BCUT2D eigenvalue weighted by Gasteiger charge is -2.06. The van der Waals surface area contributed by atoms with Gasteiger partial charge >= 0.3 is 0 Å². The molecule has 0 aliphatic rings. The molecule has 0 aromatic carbocycles. The highest BCUT2D eigenvalue weighted by Gasteiger charge is 2.17. The van der Waals surface area contributed by atoms with E-state index in [1.54, 1.807) is 0 Å². The largest absolute Gasteiger partial charge is 0.468 e. The molecule has 5 nitrogen and oxygen atoms in total. The van der Waals surface area contributed by atoms with E-state index in [-0.39, 0.29) is 11.5 Å². The van der Waals surface area contributed by atoms with Gasteiger partial charge in [0.05, 0.1) is 6.61 Å². The first kappa shape index (κ1) is 13.6. The number of ether oxygens (including phenoxy) is 1. The van der Waals surface area contributed by atoms with E-state index in [0.29, 0.717) is 25.7 Å². The lowest BCUT2D eigenvalue weighted by Crippen LogP contribution is -2.19. The standard InChI is InChI=1S/C10H17NO4/c1-2-3-4-6-10(11(13)14)7-5-8-15-9-12/h3-4,9-10H,2,5-8H2,1H3/b4-3-. The van der Waals surface area contributed by atoms with Crippen LogP contribution in [0, 0.1) is 10.1 Å². The van der Waals surface area contributed by atoms with E-state index < -0.39 is 6.04 Å². The second-order valence-corrected chi connectivity index (χ2v) is 3.16. The van der Waals surface area contributed by atoms with Gasteiger partial charge in [-0.3, -0.25) is 14.9 Å². The van der Waals surface area contributed by atoms with Crippen LogP contribution in [0.3, 0.4) is 0 Å². The molecule has 0 spiro atoms. The van der Waals surface area contributed by atoms with Crippen LogP contribution in [0.4, 0.5) is 0 Å². The summed E-state index contributed by atoms with van der Waals surface area (Å²) in [5.41, 5.74) is 0. The number of allylic oxidation sites excluding steroid dienone is 1. The maximum Gasteiger partial charge on any atom is 0.293 e. The smallest absolute Gasteiger partial charge is 0.293 e. The second kappa shape index (κ2) is 9.18. The summed E-state index contributed by atoms with van der Waals surface area (Å²) in [6.45, 7) is 2.60. The Balaban J connectivity index is 3.78. The van der Waals surface area contributed by atoms with Gasteiger partial charge in [-0.05, 0) is 12.8 Å². The summed E-state index contributed by atoms with van der Waals surface area (Å²) in [5.74, 6) is 0. The molecule has 0 saturated heterocycles. The molecule has 0 bridgehead atoms. The SMILES string of the molecule is CC/C=C\CC(CCCOC=O)[N+](=O)[O-]. The van der Waals surface area contributed by atoms with Crippen molar-refractivity contribution in [2.75, 3.05) is 6.61 Å². The molecule has 86 valence electrons. The molecule has 0 radical (unpaired) electrons. The van der Waals surface area contributed by atoms with E-state index in [1.807, 2.05) is 19.1 Å². The summed E-state index contributed by atoms with van der Waals surface area (Å²) >= 11 is 0. The lowest BCUT2D eigenvalue weighted by atomic mass is 10.1. The maximum atomic E-state index is 10.6. The third-order valence-corrected chi connectivity index (χ3v) is 1.98. The molecule has 1 unspecified atom stereocenters. The van der Waals surface area contributed by atoms with Crippen LogP contribution in [-0.4, -0.2) is 24.0 Å². The van der Waals surface area contributed by atoms with Crippen LogP contribution in [0.15, 0.2) is 12.2 Å². The zero-order valence-electron chi connectivity index (χ0n) is 8.93. The van der Waals surface area contributed by atoms with E-state index in [9.17, 15) is 14.9 Å². The molecule has 0 heterocycles. The van der Waals surface area contributed by atoms with Gasteiger partial charge in [0.25, 0.3) is 6.47 Å². The Hall–Kier alpha value is -1.39. The van der Waals surface area contributed by atoms with Gasteiger partial charge in [0.15, 0.2) is 0 Å². The fourth-order valence-corrected chi connectivity index (χ4v) is 1.18. The van der Waals surface area contributed by atoms with Gasteiger partial charge in [0.1, 0.15) is 0 Å². The van der Waals surface area contributed by atoms with Gasteiger partial charge in [-0.2, -0.15) is 0 Å². The van der Waals surface area contributed by atoms with Crippen molar-refractivity contribution in [2.45, 2.75) is 38.6 Å². The minimum Gasteiger partial charge on any atom is -0.468 e. The van der Waals surface area contributed by atoms with Crippen molar-refractivity contribution < 1.29 is 14.5 Å². The monoisotopic (exact) mass is 215 g/mol. The minimum atomic E-state index is -0.567. The van der Waals surface area contributed by atoms with Crippen LogP contribution in [0.1, 0.15) is 32.6 Å². The van der Waals surface area contributed by atoms with Crippen molar-refractivity contribution in [3.05, 3.63) is 22.3 Å². The topological polar surface area (TPSA) is 69.4 Å². The molecule has 0 amide bonds. The van der Waals surface area contributed by atoms with Crippen LogP contribution in [0.2, 0.25) is 0 Å². The normalized spacial score (nSPS) is 12.6. The van der Waals surface area contributed by atoms with Gasteiger partial charge in [-0.1, -0.05) is 19.1 Å². The Bertz CT molecular complexity index is 215. The van der Waals surface area contributed by atoms with Gasteiger partial charge in [-0.25, -0.2) is 0 Å². The summed E-state index contributed by atoms with van der Waals surface area (Å²) < 4.78 is 4.47. The van der Waals surface area contributed by atoms with Crippen molar-refractivity contribution in [2.24, 2.45) is 0 Å². The second-order valence-electron chi connectivity index (χ2n) is 3.16. The number of hydrogen-bond donors (Lipinski definition) is 0. The number of nitro groups is 1. The predicted molar refractivity (Wildman–Crippen MR) is 56.1 cm³/mol. The number of hydrogen-bond acceptors (Lipinski definition) is 4. The molecule has 15 heavy (non-hydrogen) atoms. The Morgan fingerprint density at radius 1 is 1.47 bits per heavy atom. The zero-order valence-corrected chi connectivity index (χ0v) is 8.93. The van der Waals surface area contributed by atoms with Crippen molar-refractivity contribution in [1.29, 1.82) is 0 Å². The predicted octanol–water partition coefficient (Wildman–Crippen LogP) is 1.94. The average molecular weight is 215 g/mol. The molecule has 0 aliphatic carbocycles. The molecule has 5 heteroatoms. The third kappa shape index (κ3) is 7.66. The molecule has 0 saturated carbocycles. The van der Waals surface area contributed by atoms with Gasteiger partial charge in [0.2, 0.25) is 6.04 Å². The summed E-state index contributed by atoms with van der Waals surface area (Å²) in [5, 5.41) is 10.6. The molecular formula is C10H17NO4. The highest BCUT2D eigenvalue weighted by Crippen LogP contribution is 2.07. The van der Waals surface area contributed by atoms with Crippen molar-refractivity contribution in [1.82, 2.24) is 0 Å². The van der Waals surface area contributed by atoms with Gasteiger partial charge in [0, 0.05) is 17.8 Å². The van der Waals surface area contributed by atoms with E-state index in [4.69, 9.17) is 0 Å². The minimum absolute atomic E-state index is 0.255. The first-order chi connectivity index (χ1) is 7.22.